The number of aromatic nitrogens is 4. The second kappa shape index (κ2) is 6.28. The zero-order valence-corrected chi connectivity index (χ0v) is 15.7. The van der Waals surface area contributed by atoms with E-state index in [0.29, 0.717) is 48.7 Å². The van der Waals surface area contributed by atoms with E-state index in [1.54, 1.807) is 16.7 Å². The number of hydrogen-bond acceptors (Lipinski definition) is 6. The fourth-order valence-electron chi connectivity index (χ4n) is 4.02. The average molecular weight is 403 g/mol. The number of amides is 1. The molecule has 2 fully saturated rings. The van der Waals surface area contributed by atoms with E-state index in [2.05, 4.69) is 20.1 Å². The molecule has 0 aromatic carbocycles. The molecular weight excluding hydrogens is 384 g/mol. The Hall–Kier alpha value is -2.95. The minimum Gasteiger partial charge on any atom is -0.335 e. The number of fused-ring (bicyclic) bond motifs is 1. The highest BCUT2D eigenvalue weighted by molar-refractivity contribution is 5.95. The van der Waals surface area contributed by atoms with Gasteiger partial charge in [-0.15, -0.1) is 0 Å². The van der Waals surface area contributed by atoms with Gasteiger partial charge in [0.05, 0.1) is 41.8 Å². The maximum atomic E-state index is 13.4. The molecule has 152 valence electrons. The number of nitrogens with zero attached hydrogens (tertiary/aromatic N) is 6. The molecule has 0 aliphatic carbocycles. The molecule has 0 saturated carbocycles. The van der Waals surface area contributed by atoms with Crippen molar-refractivity contribution in [2.75, 3.05) is 26.2 Å². The van der Waals surface area contributed by atoms with E-state index in [9.17, 15) is 18.4 Å². The van der Waals surface area contributed by atoms with Crippen molar-refractivity contribution in [2.24, 2.45) is 4.99 Å². The largest absolute Gasteiger partial charge is 0.335 e. The molecular formula is C18H19F2N7O2. The molecule has 9 nitrogen and oxygen atoms in total. The van der Waals surface area contributed by atoms with Gasteiger partial charge in [-0.05, 0) is 6.92 Å². The number of halogens is 2. The number of aliphatic imine (C=N–C) groups is 1. The summed E-state index contributed by atoms with van der Waals surface area (Å²) in [6.45, 7) is 3.02. The smallest absolute Gasteiger partial charge is 0.261 e. The van der Waals surface area contributed by atoms with Crippen molar-refractivity contribution in [3.05, 3.63) is 39.1 Å². The number of aromatic amines is 1. The first-order valence-electron chi connectivity index (χ1n) is 9.41. The summed E-state index contributed by atoms with van der Waals surface area (Å²) in [5, 5.41) is 4.22. The summed E-state index contributed by atoms with van der Waals surface area (Å²) in [6.07, 6.45) is 2.81. The molecule has 2 aromatic rings. The Kier molecular flexibility index (Phi) is 3.92. The highest BCUT2D eigenvalue weighted by Crippen LogP contribution is 2.31. The monoisotopic (exact) mass is 403 g/mol. The zero-order valence-electron chi connectivity index (χ0n) is 15.7. The van der Waals surface area contributed by atoms with Gasteiger partial charge in [0.2, 0.25) is 5.95 Å². The first-order chi connectivity index (χ1) is 13.8. The van der Waals surface area contributed by atoms with Crippen LogP contribution in [0, 0.1) is 6.92 Å². The number of carbonyl (C=O) groups is 1. The van der Waals surface area contributed by atoms with Gasteiger partial charge in [-0.3, -0.25) is 24.5 Å². The topological polar surface area (TPSA) is 99.5 Å². The number of rotatable bonds is 3. The quantitative estimate of drug-likeness (QED) is 0.798. The summed E-state index contributed by atoms with van der Waals surface area (Å²) in [7, 11) is 0. The summed E-state index contributed by atoms with van der Waals surface area (Å²) in [5.74, 6) is -2.60. The van der Waals surface area contributed by atoms with Crippen LogP contribution in [-0.2, 0) is 6.54 Å². The Morgan fingerprint density at radius 1 is 1.34 bits per heavy atom. The molecule has 1 N–H and O–H groups in total. The molecule has 3 aliphatic heterocycles. The van der Waals surface area contributed by atoms with E-state index in [4.69, 9.17) is 0 Å². The van der Waals surface area contributed by atoms with Crippen LogP contribution in [0.25, 0.3) is 5.95 Å². The van der Waals surface area contributed by atoms with E-state index in [-0.39, 0.29) is 36.4 Å². The molecule has 5 rings (SSSR count). The second-order valence-corrected chi connectivity index (χ2v) is 7.72. The van der Waals surface area contributed by atoms with Crippen LogP contribution >= 0.6 is 0 Å². The molecule has 29 heavy (non-hydrogen) atoms. The van der Waals surface area contributed by atoms with Crippen LogP contribution in [0.4, 0.5) is 8.78 Å². The molecule has 3 aliphatic rings. The summed E-state index contributed by atoms with van der Waals surface area (Å²) >= 11 is 0. The molecule has 5 heterocycles. The van der Waals surface area contributed by atoms with Gasteiger partial charge in [-0.2, -0.15) is 5.10 Å². The van der Waals surface area contributed by atoms with E-state index in [1.807, 2.05) is 0 Å². The van der Waals surface area contributed by atoms with E-state index in [1.165, 1.54) is 17.1 Å². The van der Waals surface area contributed by atoms with Crippen LogP contribution < -0.4 is 5.56 Å². The predicted molar refractivity (Wildman–Crippen MR) is 98.8 cm³/mol. The van der Waals surface area contributed by atoms with Gasteiger partial charge < -0.3 is 4.90 Å². The molecule has 2 saturated heterocycles. The molecule has 1 amide bonds. The summed E-state index contributed by atoms with van der Waals surface area (Å²) in [6, 6.07) is -0.0302. The normalized spacial score (nSPS) is 20.9. The third kappa shape index (κ3) is 2.96. The minimum atomic E-state index is -2.63. The van der Waals surface area contributed by atoms with Crippen LogP contribution in [0.1, 0.15) is 33.7 Å². The van der Waals surface area contributed by atoms with E-state index >= 15 is 0 Å². The predicted octanol–water partition coefficient (Wildman–Crippen LogP) is 0.362. The summed E-state index contributed by atoms with van der Waals surface area (Å²) in [5.41, 5.74) is 1.65. The average Bonchev–Trinajstić information content (AvgIpc) is 3.32. The number of likely N-dealkylation sites (tertiary alicyclic amines) is 2. The van der Waals surface area contributed by atoms with Crippen LogP contribution in [0.5, 0.6) is 0 Å². The lowest BCUT2D eigenvalue weighted by Crippen LogP contribution is -2.60. The van der Waals surface area contributed by atoms with Gasteiger partial charge in [0, 0.05) is 38.3 Å². The van der Waals surface area contributed by atoms with Gasteiger partial charge in [0.25, 0.3) is 17.4 Å². The SMILES string of the molecule is Cc1c(C(=O)N2CC(N3CCC(F)(F)C3)C2)cnn1-c1nc2c(c(=O)[nH]1)C=NC2. The van der Waals surface area contributed by atoms with Crippen LogP contribution in [0.2, 0.25) is 0 Å². The Balaban J connectivity index is 1.31. The third-order valence-corrected chi connectivity index (χ3v) is 5.79. The van der Waals surface area contributed by atoms with Crippen LogP contribution in [0.3, 0.4) is 0 Å². The Labute approximate surface area is 164 Å². The van der Waals surface area contributed by atoms with Gasteiger partial charge >= 0.3 is 0 Å². The standard InChI is InChI=1S/C18H19F2N7O2/c1-10-12(16(29)26-7-11(8-26)25-3-2-18(19,20)9-25)5-22-27(10)17-23-14-6-21-4-13(14)15(28)24-17/h4-5,11H,2-3,6-9H2,1H3,(H,23,24,28). The lowest BCUT2D eigenvalue weighted by atomic mass is 10.1. The Morgan fingerprint density at radius 2 is 2.14 bits per heavy atom. The number of H-pyrrole nitrogens is 1. The Morgan fingerprint density at radius 3 is 2.86 bits per heavy atom. The molecule has 0 spiro atoms. The Bertz CT molecular complexity index is 1080. The molecule has 2 aromatic heterocycles. The molecule has 0 atom stereocenters. The maximum absolute atomic E-state index is 13.4. The van der Waals surface area contributed by atoms with Crippen molar-refractivity contribution in [1.29, 1.82) is 0 Å². The summed E-state index contributed by atoms with van der Waals surface area (Å²) < 4.78 is 28.2. The van der Waals surface area contributed by atoms with Crippen LogP contribution in [-0.4, -0.2) is 79.8 Å². The maximum Gasteiger partial charge on any atom is 0.261 e. The summed E-state index contributed by atoms with van der Waals surface area (Å²) in [4.78, 5) is 39.5. The van der Waals surface area contributed by atoms with Gasteiger partial charge in [-0.1, -0.05) is 0 Å². The lowest BCUT2D eigenvalue weighted by molar-refractivity contribution is -0.00874. The number of hydrogen-bond donors (Lipinski definition) is 1. The fraction of sp³-hybridized carbons (Fsp3) is 0.500. The van der Waals surface area contributed by atoms with Gasteiger partial charge in [-0.25, -0.2) is 18.4 Å². The van der Waals surface area contributed by atoms with Gasteiger partial charge in [0.15, 0.2) is 0 Å². The van der Waals surface area contributed by atoms with Gasteiger partial charge in [0.1, 0.15) is 0 Å². The van der Waals surface area contributed by atoms with Crippen molar-refractivity contribution in [3.63, 3.8) is 0 Å². The molecule has 0 radical (unpaired) electrons. The first kappa shape index (κ1) is 18.1. The molecule has 0 unspecified atom stereocenters. The minimum absolute atomic E-state index is 0.0302. The lowest BCUT2D eigenvalue weighted by Gasteiger charge is -2.43. The first-order valence-corrected chi connectivity index (χ1v) is 9.41. The molecule has 0 bridgehead atoms. The van der Waals surface area contributed by atoms with Crippen molar-refractivity contribution >= 4 is 12.1 Å². The van der Waals surface area contributed by atoms with Crippen molar-refractivity contribution in [1.82, 2.24) is 29.5 Å². The third-order valence-electron chi connectivity index (χ3n) is 5.79. The zero-order chi connectivity index (χ0) is 20.3. The highest BCUT2D eigenvalue weighted by atomic mass is 19.3. The number of carbonyl (C=O) groups excluding carboxylic acids is 1. The van der Waals surface area contributed by atoms with E-state index < -0.39 is 5.92 Å². The number of nitrogens with one attached hydrogen (secondary N) is 1. The van der Waals surface area contributed by atoms with Crippen molar-refractivity contribution in [3.8, 4) is 5.95 Å². The van der Waals surface area contributed by atoms with Crippen LogP contribution in [0.15, 0.2) is 16.0 Å². The highest BCUT2D eigenvalue weighted by Gasteiger charge is 2.45. The molecule has 11 heteroatoms. The second-order valence-electron chi connectivity index (χ2n) is 7.72. The van der Waals surface area contributed by atoms with E-state index in [0.717, 1.165) is 0 Å². The fourth-order valence-corrected chi connectivity index (χ4v) is 4.02. The van der Waals surface area contributed by atoms with Crippen molar-refractivity contribution < 1.29 is 13.6 Å². The number of alkyl halides is 2. The van der Waals surface area contributed by atoms with Crippen molar-refractivity contribution in [2.45, 2.75) is 31.9 Å².